The number of aryl methyl sites for hydroxylation is 1. The highest BCUT2D eigenvalue weighted by Gasteiger charge is 2.17. The summed E-state index contributed by atoms with van der Waals surface area (Å²) in [6.07, 6.45) is 2.72. The fourth-order valence-corrected chi connectivity index (χ4v) is 1.54. The first-order chi connectivity index (χ1) is 8.47. The number of nitrogens with zero attached hydrogens (tertiary/aromatic N) is 2. The molecule has 0 saturated carbocycles. The van der Waals surface area contributed by atoms with Crippen molar-refractivity contribution in [1.29, 1.82) is 5.41 Å². The number of amidine groups is 1. The van der Waals surface area contributed by atoms with Gasteiger partial charge in [0.25, 0.3) is 0 Å². The smallest absolute Gasteiger partial charge is 0.355 e. The molecule has 0 bridgehead atoms. The van der Waals surface area contributed by atoms with E-state index < -0.39 is 5.97 Å². The molecule has 6 nitrogen and oxygen atoms in total. The number of aromatic carboxylic acids is 1. The van der Waals surface area contributed by atoms with E-state index in [0.29, 0.717) is 0 Å². The molecule has 0 aliphatic rings. The average Bonchev–Trinajstić information content (AvgIpc) is 2.34. The molecule has 6 heteroatoms. The number of carboxylic acids is 1. The Morgan fingerprint density at radius 3 is 2.72 bits per heavy atom. The van der Waals surface area contributed by atoms with E-state index in [1.165, 1.54) is 7.05 Å². The van der Waals surface area contributed by atoms with Gasteiger partial charge in [-0.1, -0.05) is 13.3 Å². The maximum Gasteiger partial charge on any atom is 0.355 e. The number of carbonyl (C=O) groups is 1. The zero-order chi connectivity index (χ0) is 13.7. The van der Waals surface area contributed by atoms with Crippen molar-refractivity contribution in [2.45, 2.75) is 26.2 Å². The molecule has 0 aromatic carbocycles. The Labute approximate surface area is 106 Å². The van der Waals surface area contributed by atoms with Crippen molar-refractivity contribution in [3.05, 3.63) is 29.1 Å². The molecule has 0 atom stereocenters. The van der Waals surface area contributed by atoms with Crippen LogP contribution in [0.25, 0.3) is 0 Å². The van der Waals surface area contributed by atoms with Gasteiger partial charge in [-0.3, -0.25) is 10.4 Å². The predicted octanol–water partition coefficient (Wildman–Crippen LogP) is 1.25. The third kappa shape index (κ3) is 3.27. The molecule has 4 N–H and O–H groups in total. The van der Waals surface area contributed by atoms with Gasteiger partial charge in [0.05, 0.1) is 5.56 Å². The van der Waals surface area contributed by atoms with Crippen LogP contribution in [0.3, 0.4) is 0 Å². The summed E-state index contributed by atoms with van der Waals surface area (Å²) < 4.78 is 0. The van der Waals surface area contributed by atoms with E-state index in [0.717, 1.165) is 30.0 Å². The quantitative estimate of drug-likeness (QED) is 0.316. The number of hydrogen-bond donors (Lipinski definition) is 3. The second-order valence-corrected chi connectivity index (χ2v) is 4.07. The van der Waals surface area contributed by atoms with Crippen LogP contribution in [-0.2, 0) is 6.42 Å². The number of nitrogens with one attached hydrogen (secondary N) is 1. The van der Waals surface area contributed by atoms with Crippen molar-refractivity contribution < 1.29 is 9.90 Å². The Morgan fingerprint density at radius 1 is 1.56 bits per heavy atom. The van der Waals surface area contributed by atoms with Crippen LogP contribution < -0.4 is 5.84 Å². The number of nitrogens with two attached hydrogens (primary N) is 1. The Kier molecular flexibility index (Phi) is 4.79. The van der Waals surface area contributed by atoms with Gasteiger partial charge in [0.15, 0.2) is 5.69 Å². The lowest BCUT2D eigenvalue weighted by molar-refractivity contribution is 0.0689. The van der Waals surface area contributed by atoms with E-state index in [1.807, 2.05) is 0 Å². The zero-order valence-electron chi connectivity index (χ0n) is 10.6. The van der Waals surface area contributed by atoms with Gasteiger partial charge in [0.2, 0.25) is 0 Å². The summed E-state index contributed by atoms with van der Waals surface area (Å²) in [5, 5.41) is 17.9. The first-order valence-electron chi connectivity index (χ1n) is 5.78. The van der Waals surface area contributed by atoms with Crippen LogP contribution in [0.15, 0.2) is 12.1 Å². The molecular weight excluding hydrogens is 232 g/mol. The minimum absolute atomic E-state index is 0.0676. The third-order valence-corrected chi connectivity index (χ3v) is 2.55. The van der Waals surface area contributed by atoms with Crippen molar-refractivity contribution in [1.82, 2.24) is 9.99 Å². The predicted molar refractivity (Wildman–Crippen MR) is 68.6 cm³/mol. The van der Waals surface area contributed by atoms with Gasteiger partial charge >= 0.3 is 5.97 Å². The summed E-state index contributed by atoms with van der Waals surface area (Å²) in [5.74, 6) is 4.23. The summed E-state index contributed by atoms with van der Waals surface area (Å²) in [6.45, 7) is 2.06. The second-order valence-electron chi connectivity index (χ2n) is 4.07. The van der Waals surface area contributed by atoms with Crippen molar-refractivity contribution in [3.8, 4) is 0 Å². The minimum Gasteiger partial charge on any atom is -0.476 e. The van der Waals surface area contributed by atoms with Crippen LogP contribution in [0.2, 0.25) is 0 Å². The maximum atomic E-state index is 11.2. The number of hydrazine groups is 1. The Balaban J connectivity index is 3.12. The number of unbranched alkanes of at least 4 members (excludes halogenated alkanes) is 1. The minimum atomic E-state index is -1.14. The molecule has 0 aliphatic heterocycles. The van der Waals surface area contributed by atoms with E-state index in [4.69, 9.17) is 16.4 Å². The van der Waals surface area contributed by atoms with Crippen molar-refractivity contribution >= 4 is 11.8 Å². The lowest BCUT2D eigenvalue weighted by Crippen LogP contribution is -2.34. The number of carboxylic acid groups (broad SMARTS) is 1. The van der Waals surface area contributed by atoms with Crippen LogP contribution in [0.4, 0.5) is 0 Å². The molecular formula is C12H18N4O2. The topological polar surface area (TPSA) is 103 Å². The van der Waals surface area contributed by atoms with Crippen molar-refractivity contribution in [2.75, 3.05) is 7.05 Å². The Bertz CT molecular complexity index is 457. The van der Waals surface area contributed by atoms with Gasteiger partial charge < -0.3 is 5.11 Å². The standard InChI is InChI=1S/C12H18N4O2/c1-3-4-5-8-6-7-9(11(13)16(2)14)10(15-8)12(17)18/h6-7,13H,3-5,14H2,1-2H3,(H,17,18). The Hall–Kier alpha value is -1.95. The molecule has 1 heterocycles. The summed E-state index contributed by atoms with van der Waals surface area (Å²) in [5.41, 5.74) is 0.837. The van der Waals surface area contributed by atoms with Crippen LogP contribution in [0.1, 0.15) is 41.5 Å². The van der Waals surface area contributed by atoms with Crippen LogP contribution in [0, 0.1) is 5.41 Å². The Morgan fingerprint density at radius 2 is 2.22 bits per heavy atom. The van der Waals surface area contributed by atoms with Crippen molar-refractivity contribution in [3.63, 3.8) is 0 Å². The van der Waals surface area contributed by atoms with Gasteiger partial charge in [-0.2, -0.15) is 0 Å². The number of rotatable bonds is 5. The van der Waals surface area contributed by atoms with Gasteiger partial charge in [-0.05, 0) is 25.0 Å². The highest BCUT2D eigenvalue weighted by Crippen LogP contribution is 2.11. The normalized spacial score (nSPS) is 10.2. The first-order valence-corrected chi connectivity index (χ1v) is 5.78. The molecule has 0 fully saturated rings. The molecule has 0 radical (unpaired) electrons. The van der Waals surface area contributed by atoms with Gasteiger partial charge in [0.1, 0.15) is 5.84 Å². The SMILES string of the molecule is CCCCc1ccc(C(=N)N(C)N)c(C(=O)O)n1. The average molecular weight is 250 g/mol. The highest BCUT2D eigenvalue weighted by atomic mass is 16.4. The third-order valence-electron chi connectivity index (χ3n) is 2.55. The first kappa shape index (κ1) is 14.1. The van der Waals surface area contributed by atoms with Crippen molar-refractivity contribution in [2.24, 2.45) is 5.84 Å². The van der Waals surface area contributed by atoms with Crippen LogP contribution in [0.5, 0.6) is 0 Å². The lowest BCUT2D eigenvalue weighted by atomic mass is 10.1. The fraction of sp³-hybridized carbons (Fsp3) is 0.417. The van der Waals surface area contributed by atoms with E-state index >= 15 is 0 Å². The van der Waals surface area contributed by atoms with Gasteiger partial charge in [-0.25, -0.2) is 15.6 Å². The summed E-state index contributed by atoms with van der Waals surface area (Å²) in [6, 6.07) is 3.34. The molecule has 1 rings (SSSR count). The number of aromatic nitrogens is 1. The summed E-state index contributed by atoms with van der Waals surface area (Å²) in [7, 11) is 1.49. The van der Waals surface area contributed by atoms with E-state index in [2.05, 4.69) is 11.9 Å². The molecule has 0 spiro atoms. The van der Waals surface area contributed by atoms with Crippen LogP contribution >= 0.6 is 0 Å². The summed E-state index contributed by atoms with van der Waals surface area (Å²) in [4.78, 5) is 15.2. The molecule has 0 amide bonds. The number of pyridine rings is 1. The lowest BCUT2D eigenvalue weighted by Gasteiger charge is -2.15. The van der Waals surface area contributed by atoms with Gasteiger partial charge in [-0.15, -0.1) is 0 Å². The zero-order valence-corrected chi connectivity index (χ0v) is 10.6. The highest BCUT2D eigenvalue weighted by molar-refractivity contribution is 6.04. The largest absolute Gasteiger partial charge is 0.476 e. The van der Waals surface area contributed by atoms with Gasteiger partial charge in [0, 0.05) is 12.7 Å². The second kappa shape index (κ2) is 6.11. The summed E-state index contributed by atoms with van der Waals surface area (Å²) >= 11 is 0. The molecule has 0 saturated heterocycles. The molecule has 1 aromatic heterocycles. The van der Waals surface area contributed by atoms with Crippen LogP contribution in [-0.4, -0.2) is 34.0 Å². The number of hydrogen-bond acceptors (Lipinski definition) is 4. The fourth-order valence-electron chi connectivity index (χ4n) is 1.54. The monoisotopic (exact) mass is 250 g/mol. The van der Waals surface area contributed by atoms with E-state index in [9.17, 15) is 4.79 Å². The molecule has 0 unspecified atom stereocenters. The molecule has 0 aliphatic carbocycles. The van der Waals surface area contributed by atoms with E-state index in [1.54, 1.807) is 12.1 Å². The maximum absolute atomic E-state index is 11.2. The van der Waals surface area contributed by atoms with E-state index in [-0.39, 0.29) is 17.1 Å². The molecule has 1 aromatic rings. The molecule has 98 valence electrons. The molecule has 18 heavy (non-hydrogen) atoms.